The first-order chi connectivity index (χ1) is 15.9. The van der Waals surface area contributed by atoms with E-state index in [0.717, 1.165) is 16.2 Å². The molecule has 3 aromatic carbocycles. The van der Waals surface area contributed by atoms with Crippen molar-refractivity contribution in [3.05, 3.63) is 89.5 Å². The van der Waals surface area contributed by atoms with Crippen molar-refractivity contribution in [2.75, 3.05) is 16.3 Å². The minimum atomic E-state index is -0.575. The fourth-order valence-corrected chi connectivity index (χ4v) is 4.20. The number of anilines is 2. The largest absolute Gasteiger partial charge is 0.426 e. The minimum absolute atomic E-state index is 0.0832. The van der Waals surface area contributed by atoms with E-state index in [1.165, 1.54) is 12.1 Å². The molecule has 3 aromatic rings. The molecule has 2 heterocycles. The van der Waals surface area contributed by atoms with Crippen LogP contribution in [0.1, 0.15) is 32.7 Å². The van der Waals surface area contributed by atoms with Gasteiger partial charge in [-0.3, -0.25) is 19.2 Å². The lowest BCUT2D eigenvalue weighted by molar-refractivity contribution is -0.139. The molecule has 5 rings (SSSR count). The second kappa shape index (κ2) is 8.02. The van der Waals surface area contributed by atoms with Crippen LogP contribution >= 0.6 is 0 Å². The molecule has 3 amide bonds. The van der Waals surface area contributed by atoms with Crippen molar-refractivity contribution in [3.8, 4) is 5.75 Å². The number of hydrogen-bond acceptors (Lipinski definition) is 5. The molecule has 0 bridgehead atoms. The van der Waals surface area contributed by atoms with E-state index >= 15 is 0 Å². The van der Waals surface area contributed by atoms with Crippen LogP contribution in [0.15, 0.2) is 72.8 Å². The second-order valence-electron chi connectivity index (χ2n) is 8.15. The van der Waals surface area contributed by atoms with Crippen molar-refractivity contribution < 1.29 is 23.9 Å². The number of benzene rings is 3. The maximum absolute atomic E-state index is 12.7. The normalized spacial score (nSPS) is 17.5. The molecule has 0 N–H and O–H groups in total. The molecule has 0 aliphatic carbocycles. The molecule has 0 radical (unpaired) electrons. The van der Waals surface area contributed by atoms with Crippen LogP contribution in [0.4, 0.5) is 11.4 Å². The van der Waals surface area contributed by atoms with Gasteiger partial charge in [0.25, 0.3) is 11.8 Å². The van der Waals surface area contributed by atoms with Crippen molar-refractivity contribution in [2.24, 2.45) is 5.92 Å². The monoisotopic (exact) mass is 440 g/mol. The van der Waals surface area contributed by atoms with Crippen molar-refractivity contribution >= 4 is 35.1 Å². The number of amides is 3. The Morgan fingerprint density at radius 3 is 2.15 bits per heavy atom. The Morgan fingerprint density at radius 2 is 1.52 bits per heavy atom. The van der Waals surface area contributed by atoms with Gasteiger partial charge in [0.15, 0.2) is 0 Å². The molecular formula is C26H20N2O5. The van der Waals surface area contributed by atoms with Crippen LogP contribution in [0.2, 0.25) is 0 Å². The lowest BCUT2D eigenvalue weighted by Gasteiger charge is -2.17. The molecule has 2 aliphatic heterocycles. The number of nitrogens with zero attached hydrogens (tertiary/aromatic N) is 2. The molecule has 1 atom stereocenters. The Bertz CT molecular complexity index is 1260. The minimum Gasteiger partial charge on any atom is -0.426 e. The standard InChI is InChI=1S/C26H20N2O5/c1-16-5-4-6-19(13-16)27-15-17(14-23(27)29)26(32)33-20-11-9-18(10-12-20)28-24(30)21-7-2-3-8-22(21)25(28)31/h2-13,17H,14-15H2,1H3/t17-/m1/s1. The summed E-state index contributed by atoms with van der Waals surface area (Å²) in [6.07, 6.45) is 0.0832. The summed E-state index contributed by atoms with van der Waals surface area (Å²) in [5.74, 6) is -1.69. The summed E-state index contributed by atoms with van der Waals surface area (Å²) >= 11 is 0. The first kappa shape index (κ1) is 20.6. The van der Waals surface area contributed by atoms with Crippen LogP contribution in [0.3, 0.4) is 0 Å². The quantitative estimate of drug-likeness (QED) is 0.351. The third-order valence-corrected chi connectivity index (χ3v) is 5.88. The van der Waals surface area contributed by atoms with Gasteiger partial charge in [0.05, 0.1) is 22.7 Å². The number of hydrogen-bond donors (Lipinski definition) is 0. The van der Waals surface area contributed by atoms with Gasteiger partial charge < -0.3 is 9.64 Å². The van der Waals surface area contributed by atoms with Gasteiger partial charge in [-0.15, -0.1) is 0 Å². The number of rotatable bonds is 4. The molecule has 164 valence electrons. The molecule has 0 spiro atoms. The molecule has 0 saturated carbocycles. The third kappa shape index (κ3) is 3.67. The number of fused-ring (bicyclic) bond motifs is 1. The van der Waals surface area contributed by atoms with Gasteiger partial charge in [-0.1, -0.05) is 24.3 Å². The molecule has 0 aromatic heterocycles. The van der Waals surface area contributed by atoms with Crippen molar-refractivity contribution in [3.63, 3.8) is 0 Å². The van der Waals surface area contributed by atoms with E-state index in [1.54, 1.807) is 41.3 Å². The fraction of sp³-hybridized carbons (Fsp3) is 0.154. The Labute approximate surface area is 190 Å². The van der Waals surface area contributed by atoms with Gasteiger partial charge >= 0.3 is 5.97 Å². The van der Waals surface area contributed by atoms with Gasteiger partial charge in [-0.25, -0.2) is 4.90 Å². The lowest BCUT2D eigenvalue weighted by atomic mass is 10.1. The Kier molecular flexibility index (Phi) is 5.01. The zero-order chi connectivity index (χ0) is 23.1. The highest BCUT2D eigenvalue weighted by atomic mass is 16.5. The average molecular weight is 440 g/mol. The first-order valence-electron chi connectivity index (χ1n) is 10.6. The van der Waals surface area contributed by atoms with Crippen LogP contribution in [0, 0.1) is 12.8 Å². The highest BCUT2D eigenvalue weighted by Crippen LogP contribution is 2.30. The molecule has 2 aliphatic rings. The zero-order valence-electron chi connectivity index (χ0n) is 17.9. The number of carbonyl (C=O) groups is 4. The van der Waals surface area contributed by atoms with E-state index in [9.17, 15) is 19.2 Å². The number of esters is 1. The summed E-state index contributed by atoms with van der Waals surface area (Å²) in [7, 11) is 0. The summed E-state index contributed by atoms with van der Waals surface area (Å²) in [5, 5.41) is 0. The summed E-state index contributed by atoms with van der Waals surface area (Å²) in [6.45, 7) is 2.20. The van der Waals surface area contributed by atoms with E-state index in [1.807, 2.05) is 31.2 Å². The number of imide groups is 1. The van der Waals surface area contributed by atoms with Crippen LogP contribution < -0.4 is 14.5 Å². The van der Waals surface area contributed by atoms with Crippen molar-refractivity contribution in [1.29, 1.82) is 0 Å². The summed E-state index contributed by atoms with van der Waals surface area (Å²) in [5.41, 5.74) is 2.91. The molecular weight excluding hydrogens is 420 g/mol. The summed E-state index contributed by atoms with van der Waals surface area (Å²) in [4.78, 5) is 53.1. The third-order valence-electron chi connectivity index (χ3n) is 5.88. The molecule has 0 unspecified atom stereocenters. The molecule has 7 nitrogen and oxygen atoms in total. The smallest absolute Gasteiger partial charge is 0.316 e. The van der Waals surface area contributed by atoms with Gasteiger partial charge in [0.1, 0.15) is 5.75 Å². The van der Waals surface area contributed by atoms with Crippen LogP contribution in [-0.4, -0.2) is 30.2 Å². The summed E-state index contributed by atoms with van der Waals surface area (Å²) in [6, 6.07) is 20.4. The average Bonchev–Trinajstić information content (AvgIpc) is 3.32. The topological polar surface area (TPSA) is 84.0 Å². The van der Waals surface area contributed by atoms with Crippen LogP contribution in [0.25, 0.3) is 0 Å². The number of ether oxygens (including phenoxy) is 1. The first-order valence-corrected chi connectivity index (χ1v) is 10.6. The van der Waals surface area contributed by atoms with Gasteiger partial charge in [0.2, 0.25) is 5.91 Å². The van der Waals surface area contributed by atoms with Gasteiger partial charge in [-0.05, 0) is 61.0 Å². The zero-order valence-corrected chi connectivity index (χ0v) is 17.9. The highest BCUT2D eigenvalue weighted by Gasteiger charge is 2.37. The molecule has 1 fully saturated rings. The number of aryl methyl sites for hydroxylation is 1. The van der Waals surface area contributed by atoms with E-state index < -0.39 is 11.9 Å². The predicted molar refractivity (Wildman–Crippen MR) is 121 cm³/mol. The molecule has 7 heteroatoms. The Balaban J connectivity index is 1.27. The lowest BCUT2D eigenvalue weighted by Crippen LogP contribution is -2.29. The predicted octanol–water partition coefficient (Wildman–Crippen LogP) is 3.75. The number of carbonyl (C=O) groups excluding carboxylic acids is 4. The van der Waals surface area contributed by atoms with Crippen molar-refractivity contribution in [1.82, 2.24) is 0 Å². The van der Waals surface area contributed by atoms with Crippen molar-refractivity contribution in [2.45, 2.75) is 13.3 Å². The molecule has 33 heavy (non-hydrogen) atoms. The van der Waals surface area contributed by atoms with Gasteiger partial charge in [0, 0.05) is 18.7 Å². The molecule has 1 saturated heterocycles. The second-order valence-corrected chi connectivity index (χ2v) is 8.15. The van der Waals surface area contributed by atoms with E-state index in [4.69, 9.17) is 4.74 Å². The fourth-order valence-electron chi connectivity index (χ4n) is 4.20. The van der Waals surface area contributed by atoms with E-state index in [-0.39, 0.29) is 36.4 Å². The van der Waals surface area contributed by atoms with Gasteiger partial charge in [-0.2, -0.15) is 0 Å². The van der Waals surface area contributed by atoms with E-state index in [2.05, 4.69) is 0 Å². The van der Waals surface area contributed by atoms with Crippen LogP contribution in [-0.2, 0) is 9.59 Å². The van der Waals surface area contributed by atoms with Crippen LogP contribution in [0.5, 0.6) is 5.75 Å². The maximum atomic E-state index is 12.7. The Morgan fingerprint density at radius 1 is 0.848 bits per heavy atom. The van der Waals surface area contributed by atoms with E-state index in [0.29, 0.717) is 16.8 Å². The maximum Gasteiger partial charge on any atom is 0.316 e. The highest BCUT2D eigenvalue weighted by molar-refractivity contribution is 6.34. The SMILES string of the molecule is Cc1cccc(N2C[C@H](C(=O)Oc3ccc(N4C(=O)c5ccccc5C4=O)cc3)CC2=O)c1. The summed E-state index contributed by atoms with van der Waals surface area (Å²) < 4.78 is 5.48. The Hall–Kier alpha value is -4.26.